The summed E-state index contributed by atoms with van der Waals surface area (Å²) in [5, 5.41) is 7.27. The van der Waals surface area contributed by atoms with Crippen molar-refractivity contribution in [2.45, 2.75) is 19.4 Å². The maximum absolute atomic E-state index is 13.8. The normalized spacial score (nSPS) is 18.3. The molecule has 1 atom stereocenters. The minimum absolute atomic E-state index is 0.0603. The molecule has 0 spiro atoms. The summed E-state index contributed by atoms with van der Waals surface area (Å²) in [5.74, 6) is 0.0644. The van der Waals surface area contributed by atoms with Gasteiger partial charge in [-0.1, -0.05) is 6.07 Å². The van der Waals surface area contributed by atoms with Crippen molar-refractivity contribution >= 4 is 5.95 Å². The van der Waals surface area contributed by atoms with Gasteiger partial charge in [-0.05, 0) is 25.5 Å². The molecule has 1 aromatic heterocycles. The summed E-state index contributed by atoms with van der Waals surface area (Å²) in [6.45, 7) is 2.37. The molecule has 0 saturated heterocycles. The Kier molecular flexibility index (Phi) is 2.50. The molecule has 94 valence electrons. The van der Waals surface area contributed by atoms with Gasteiger partial charge in [0.1, 0.15) is 17.5 Å². The lowest BCUT2D eigenvalue weighted by Crippen LogP contribution is -2.26. The summed E-state index contributed by atoms with van der Waals surface area (Å²) in [4.78, 5) is 4.18. The number of rotatable bonds is 1. The summed E-state index contributed by atoms with van der Waals surface area (Å²) in [6.07, 6.45) is 0.577. The van der Waals surface area contributed by atoms with Crippen LogP contribution in [0.3, 0.4) is 0 Å². The van der Waals surface area contributed by atoms with Crippen molar-refractivity contribution in [1.82, 2.24) is 14.8 Å². The summed E-state index contributed by atoms with van der Waals surface area (Å²) < 4.78 is 29.2. The van der Waals surface area contributed by atoms with E-state index >= 15 is 0 Å². The number of aryl methyl sites for hydroxylation is 1. The SMILES string of the molecule is Cc1nc2n(n1)C(c1c(F)cccc1F)CCN2. The first-order valence-electron chi connectivity index (χ1n) is 5.78. The lowest BCUT2D eigenvalue weighted by Gasteiger charge is -2.25. The van der Waals surface area contributed by atoms with E-state index in [1.54, 1.807) is 11.6 Å². The van der Waals surface area contributed by atoms with Crippen LogP contribution in [0, 0.1) is 18.6 Å². The minimum atomic E-state index is -0.541. The van der Waals surface area contributed by atoms with E-state index in [2.05, 4.69) is 15.4 Å². The molecule has 0 aliphatic carbocycles. The standard InChI is InChI=1S/C12H12F2N4/c1-7-16-12-15-6-5-10(18(12)17-7)11-8(13)3-2-4-9(11)14/h2-4,10H,5-6H2,1H3,(H,15,16,17). The van der Waals surface area contributed by atoms with Gasteiger partial charge < -0.3 is 5.32 Å². The summed E-state index contributed by atoms with van der Waals surface area (Å²) in [5.41, 5.74) is 0.0603. The molecule has 2 heterocycles. The second-order valence-electron chi connectivity index (χ2n) is 4.29. The fraction of sp³-hybridized carbons (Fsp3) is 0.333. The number of halogens is 2. The van der Waals surface area contributed by atoms with Crippen molar-refractivity contribution in [3.63, 3.8) is 0 Å². The molecule has 4 nitrogen and oxygen atoms in total. The number of anilines is 1. The molecule has 2 aromatic rings. The predicted molar refractivity (Wildman–Crippen MR) is 62.4 cm³/mol. The Balaban J connectivity index is 2.14. The van der Waals surface area contributed by atoms with Crippen LogP contribution < -0.4 is 5.32 Å². The summed E-state index contributed by atoms with van der Waals surface area (Å²) in [6, 6.07) is 3.46. The molecule has 0 saturated carbocycles. The molecule has 1 unspecified atom stereocenters. The smallest absolute Gasteiger partial charge is 0.221 e. The van der Waals surface area contributed by atoms with Crippen molar-refractivity contribution < 1.29 is 8.78 Å². The number of fused-ring (bicyclic) bond motifs is 1. The predicted octanol–water partition coefficient (Wildman–Crippen LogP) is 2.27. The average Bonchev–Trinajstić information content (AvgIpc) is 2.70. The third-order valence-electron chi connectivity index (χ3n) is 3.07. The second kappa shape index (κ2) is 4.04. The third kappa shape index (κ3) is 1.64. The van der Waals surface area contributed by atoms with Gasteiger partial charge in [0.25, 0.3) is 0 Å². The van der Waals surface area contributed by atoms with Crippen molar-refractivity contribution in [2.24, 2.45) is 0 Å². The van der Waals surface area contributed by atoms with E-state index in [-0.39, 0.29) is 5.56 Å². The maximum Gasteiger partial charge on any atom is 0.221 e. The zero-order valence-electron chi connectivity index (χ0n) is 9.82. The fourth-order valence-corrected chi connectivity index (χ4v) is 2.31. The van der Waals surface area contributed by atoms with E-state index in [4.69, 9.17) is 0 Å². The first kappa shape index (κ1) is 11.1. The molecule has 0 amide bonds. The lowest BCUT2D eigenvalue weighted by atomic mass is 10.0. The Hall–Kier alpha value is -1.98. The highest BCUT2D eigenvalue weighted by molar-refractivity contribution is 5.33. The van der Waals surface area contributed by atoms with Crippen molar-refractivity contribution in [3.05, 3.63) is 41.2 Å². The number of nitrogens with zero attached hydrogens (tertiary/aromatic N) is 3. The number of hydrogen-bond donors (Lipinski definition) is 1. The Morgan fingerprint density at radius 1 is 1.33 bits per heavy atom. The summed E-state index contributed by atoms with van der Waals surface area (Å²) in [7, 11) is 0. The van der Waals surface area contributed by atoms with E-state index in [9.17, 15) is 8.78 Å². The molecule has 1 aromatic carbocycles. The van der Waals surface area contributed by atoms with Crippen LogP contribution in [-0.4, -0.2) is 21.3 Å². The van der Waals surface area contributed by atoms with Gasteiger partial charge in [-0.2, -0.15) is 10.1 Å². The Morgan fingerprint density at radius 3 is 2.78 bits per heavy atom. The molecule has 1 N–H and O–H groups in total. The fourth-order valence-electron chi connectivity index (χ4n) is 2.31. The Morgan fingerprint density at radius 2 is 2.06 bits per heavy atom. The van der Waals surface area contributed by atoms with Crippen LogP contribution >= 0.6 is 0 Å². The van der Waals surface area contributed by atoms with Gasteiger partial charge in [-0.3, -0.25) is 0 Å². The average molecular weight is 250 g/mol. The van der Waals surface area contributed by atoms with Crippen LogP contribution in [0.5, 0.6) is 0 Å². The van der Waals surface area contributed by atoms with Gasteiger partial charge in [0.2, 0.25) is 5.95 Å². The first-order valence-corrected chi connectivity index (χ1v) is 5.78. The number of aromatic nitrogens is 3. The van der Waals surface area contributed by atoms with Gasteiger partial charge in [-0.15, -0.1) is 0 Å². The monoisotopic (exact) mass is 250 g/mol. The van der Waals surface area contributed by atoms with Gasteiger partial charge >= 0.3 is 0 Å². The van der Waals surface area contributed by atoms with Crippen LogP contribution in [0.15, 0.2) is 18.2 Å². The van der Waals surface area contributed by atoms with E-state index in [0.717, 1.165) is 0 Å². The van der Waals surface area contributed by atoms with Crippen LogP contribution in [0.1, 0.15) is 23.9 Å². The second-order valence-corrected chi connectivity index (χ2v) is 4.29. The Bertz CT molecular complexity index is 574. The van der Waals surface area contributed by atoms with E-state index in [0.29, 0.717) is 24.7 Å². The number of nitrogens with one attached hydrogen (secondary N) is 1. The highest BCUT2D eigenvalue weighted by Gasteiger charge is 2.28. The molecule has 1 aliphatic heterocycles. The molecule has 18 heavy (non-hydrogen) atoms. The molecular formula is C12H12F2N4. The maximum atomic E-state index is 13.8. The Labute approximate surface area is 103 Å². The lowest BCUT2D eigenvalue weighted by molar-refractivity contribution is 0.431. The molecular weight excluding hydrogens is 238 g/mol. The topological polar surface area (TPSA) is 42.7 Å². The van der Waals surface area contributed by atoms with Gasteiger partial charge in [-0.25, -0.2) is 13.5 Å². The molecule has 3 rings (SSSR count). The molecule has 0 fully saturated rings. The van der Waals surface area contributed by atoms with Crippen LogP contribution in [0.25, 0.3) is 0 Å². The van der Waals surface area contributed by atoms with Crippen LogP contribution in [-0.2, 0) is 0 Å². The zero-order chi connectivity index (χ0) is 12.7. The van der Waals surface area contributed by atoms with Crippen LogP contribution in [0.4, 0.5) is 14.7 Å². The van der Waals surface area contributed by atoms with Crippen LogP contribution in [0.2, 0.25) is 0 Å². The minimum Gasteiger partial charge on any atom is -0.354 e. The third-order valence-corrected chi connectivity index (χ3v) is 3.07. The zero-order valence-corrected chi connectivity index (χ0v) is 9.82. The van der Waals surface area contributed by atoms with E-state index < -0.39 is 17.7 Å². The quantitative estimate of drug-likeness (QED) is 0.844. The molecule has 1 aliphatic rings. The van der Waals surface area contributed by atoms with Crippen molar-refractivity contribution in [2.75, 3.05) is 11.9 Å². The van der Waals surface area contributed by atoms with Gasteiger partial charge in [0.05, 0.1) is 6.04 Å². The highest BCUT2D eigenvalue weighted by atomic mass is 19.1. The number of hydrogen-bond acceptors (Lipinski definition) is 3. The van der Waals surface area contributed by atoms with Gasteiger partial charge in [0, 0.05) is 12.1 Å². The van der Waals surface area contributed by atoms with Crippen molar-refractivity contribution in [3.8, 4) is 0 Å². The molecule has 0 bridgehead atoms. The largest absolute Gasteiger partial charge is 0.354 e. The molecule has 0 radical (unpaired) electrons. The molecule has 6 heteroatoms. The highest BCUT2D eigenvalue weighted by Crippen LogP contribution is 2.31. The van der Waals surface area contributed by atoms with E-state index in [1.165, 1.54) is 18.2 Å². The van der Waals surface area contributed by atoms with E-state index in [1.807, 2.05) is 0 Å². The first-order chi connectivity index (χ1) is 8.66. The van der Waals surface area contributed by atoms with Gasteiger partial charge in [0.15, 0.2) is 0 Å². The van der Waals surface area contributed by atoms with Crippen molar-refractivity contribution in [1.29, 1.82) is 0 Å². The summed E-state index contributed by atoms with van der Waals surface area (Å²) >= 11 is 0. The number of benzene rings is 1.